The number of hydrogen-bond donors (Lipinski definition) is 1. The Labute approximate surface area is 130 Å². The van der Waals surface area contributed by atoms with E-state index in [1.807, 2.05) is 38.1 Å². The van der Waals surface area contributed by atoms with E-state index >= 15 is 0 Å². The topological polar surface area (TPSA) is 38.3 Å². The first-order valence-electron chi connectivity index (χ1n) is 6.74. The maximum Gasteiger partial charge on any atom is 0.325 e. The van der Waals surface area contributed by atoms with Gasteiger partial charge >= 0.3 is 5.97 Å². The van der Waals surface area contributed by atoms with Crippen molar-refractivity contribution in [1.29, 1.82) is 0 Å². The van der Waals surface area contributed by atoms with Crippen LogP contribution in [-0.4, -0.2) is 30.9 Å². The summed E-state index contributed by atoms with van der Waals surface area (Å²) < 4.78 is 4.87. The Kier molecular flexibility index (Phi) is 7.41. The van der Waals surface area contributed by atoms with Crippen LogP contribution in [0.15, 0.2) is 29.2 Å². The molecule has 1 unspecified atom stereocenters. The zero-order chi connectivity index (χ0) is 15.0. The second-order valence-corrected chi connectivity index (χ2v) is 6.28. The normalized spacial score (nSPS) is 13.8. The Balaban J connectivity index is 2.45. The van der Waals surface area contributed by atoms with Crippen molar-refractivity contribution < 1.29 is 9.53 Å². The number of ether oxygens (including phenoxy) is 1. The number of rotatable bonds is 8. The molecule has 0 heterocycles. The molecule has 1 rings (SSSR count). The fourth-order valence-corrected chi connectivity index (χ4v) is 3.24. The molecular weight excluding hydrogens is 294 g/mol. The average molecular weight is 316 g/mol. The highest BCUT2D eigenvalue weighted by Gasteiger charge is 2.32. The van der Waals surface area contributed by atoms with Crippen LogP contribution < -0.4 is 5.32 Å². The van der Waals surface area contributed by atoms with Gasteiger partial charge in [0, 0.05) is 4.90 Å². The van der Waals surface area contributed by atoms with Gasteiger partial charge in [-0.3, -0.25) is 4.79 Å². The first-order valence-corrected chi connectivity index (χ1v) is 8.10. The summed E-state index contributed by atoms with van der Waals surface area (Å²) >= 11 is 7.82. The number of carbonyl (C=O) groups excluding carboxylic acids is 1. The van der Waals surface area contributed by atoms with E-state index < -0.39 is 5.54 Å². The molecule has 3 nitrogen and oxygen atoms in total. The maximum atomic E-state index is 11.8. The third kappa shape index (κ3) is 5.00. The van der Waals surface area contributed by atoms with Gasteiger partial charge in [-0.15, -0.1) is 11.8 Å². The van der Waals surface area contributed by atoms with Crippen LogP contribution in [0.3, 0.4) is 0 Å². The van der Waals surface area contributed by atoms with Gasteiger partial charge in [-0.2, -0.15) is 0 Å². The molecule has 0 aliphatic heterocycles. The monoisotopic (exact) mass is 315 g/mol. The van der Waals surface area contributed by atoms with Gasteiger partial charge in [0.1, 0.15) is 5.54 Å². The second kappa shape index (κ2) is 8.55. The number of methoxy groups -OCH3 is 1. The average Bonchev–Trinajstić information content (AvgIpc) is 2.44. The predicted molar refractivity (Wildman–Crippen MR) is 85.5 cm³/mol. The van der Waals surface area contributed by atoms with Crippen molar-refractivity contribution in [2.24, 2.45) is 0 Å². The molecule has 0 aromatic heterocycles. The molecule has 0 aliphatic rings. The zero-order valence-corrected chi connectivity index (χ0v) is 13.8. The van der Waals surface area contributed by atoms with E-state index in [4.69, 9.17) is 16.3 Å². The van der Waals surface area contributed by atoms with Crippen LogP contribution in [0.5, 0.6) is 0 Å². The minimum Gasteiger partial charge on any atom is -0.468 e. The molecule has 0 fully saturated rings. The van der Waals surface area contributed by atoms with Crippen LogP contribution in [-0.2, 0) is 9.53 Å². The van der Waals surface area contributed by atoms with Crippen molar-refractivity contribution in [1.82, 2.24) is 5.32 Å². The first-order chi connectivity index (χ1) is 9.53. The molecule has 0 amide bonds. The molecule has 0 saturated heterocycles. The smallest absolute Gasteiger partial charge is 0.325 e. The van der Waals surface area contributed by atoms with Gasteiger partial charge in [0.05, 0.1) is 12.1 Å². The van der Waals surface area contributed by atoms with Crippen molar-refractivity contribution in [2.75, 3.05) is 19.4 Å². The van der Waals surface area contributed by atoms with Crippen molar-refractivity contribution in [3.05, 3.63) is 29.3 Å². The Bertz CT molecular complexity index is 442. The van der Waals surface area contributed by atoms with Crippen molar-refractivity contribution in [3.63, 3.8) is 0 Å². The quantitative estimate of drug-likeness (QED) is 0.450. The summed E-state index contributed by atoms with van der Waals surface area (Å²) in [5, 5.41) is 3.99. The summed E-state index contributed by atoms with van der Waals surface area (Å²) in [6.07, 6.45) is 1.65. The number of esters is 1. The summed E-state index contributed by atoms with van der Waals surface area (Å²) in [5.41, 5.74) is -0.607. The molecule has 1 aromatic rings. The van der Waals surface area contributed by atoms with Gasteiger partial charge in [-0.05, 0) is 44.2 Å². The highest BCUT2D eigenvalue weighted by molar-refractivity contribution is 7.99. The molecular formula is C15H22ClNO2S. The van der Waals surface area contributed by atoms with E-state index in [1.165, 1.54) is 7.11 Å². The van der Waals surface area contributed by atoms with Gasteiger partial charge in [0.25, 0.3) is 0 Å². The van der Waals surface area contributed by atoms with E-state index in [2.05, 4.69) is 5.32 Å². The summed E-state index contributed by atoms with van der Waals surface area (Å²) in [5.74, 6) is 0.712. The molecule has 0 bridgehead atoms. The van der Waals surface area contributed by atoms with Crippen molar-refractivity contribution >= 4 is 29.3 Å². The highest BCUT2D eigenvalue weighted by atomic mass is 35.5. The van der Waals surface area contributed by atoms with Crippen molar-refractivity contribution in [3.8, 4) is 0 Å². The van der Waals surface area contributed by atoms with E-state index in [1.54, 1.807) is 11.8 Å². The number of nitrogens with one attached hydrogen (secondary N) is 1. The molecule has 0 aliphatic carbocycles. The van der Waals surface area contributed by atoms with Gasteiger partial charge in [-0.25, -0.2) is 0 Å². The van der Waals surface area contributed by atoms with Gasteiger partial charge < -0.3 is 10.1 Å². The lowest BCUT2D eigenvalue weighted by molar-refractivity contribution is -0.148. The van der Waals surface area contributed by atoms with Crippen LogP contribution in [0.4, 0.5) is 0 Å². The summed E-state index contributed by atoms with van der Waals surface area (Å²) in [7, 11) is 1.43. The van der Waals surface area contributed by atoms with E-state index in [0.717, 1.165) is 35.1 Å². The minimum atomic E-state index is -0.607. The lowest BCUT2D eigenvalue weighted by Crippen LogP contribution is -2.50. The largest absolute Gasteiger partial charge is 0.468 e. The first kappa shape index (κ1) is 17.3. The highest BCUT2D eigenvalue weighted by Crippen LogP contribution is 2.28. The van der Waals surface area contributed by atoms with E-state index in [0.29, 0.717) is 0 Å². The van der Waals surface area contributed by atoms with Crippen LogP contribution in [0.2, 0.25) is 5.02 Å². The third-order valence-corrected chi connectivity index (χ3v) is 4.72. The Hall–Kier alpha value is -0.710. The lowest BCUT2D eigenvalue weighted by atomic mass is 9.96. The van der Waals surface area contributed by atoms with Crippen LogP contribution in [0, 0.1) is 0 Å². The molecule has 0 saturated carbocycles. The van der Waals surface area contributed by atoms with Crippen LogP contribution >= 0.6 is 23.4 Å². The Morgan fingerprint density at radius 1 is 1.45 bits per heavy atom. The fourth-order valence-electron chi connectivity index (χ4n) is 2.05. The molecule has 0 spiro atoms. The molecule has 5 heteroatoms. The summed E-state index contributed by atoms with van der Waals surface area (Å²) in [6, 6.07) is 7.80. The van der Waals surface area contributed by atoms with Gasteiger partial charge in [0.15, 0.2) is 0 Å². The number of benzene rings is 1. The molecule has 1 aromatic carbocycles. The SMILES string of the molecule is CCNC(C)(CCCSc1ccccc1Cl)C(=O)OC. The standard InChI is InChI=1S/C15H22ClNO2S/c1-4-17-15(2,14(18)19-3)10-7-11-20-13-9-6-5-8-12(13)16/h5-6,8-9,17H,4,7,10-11H2,1-3H3. The molecule has 112 valence electrons. The Morgan fingerprint density at radius 2 is 2.15 bits per heavy atom. The molecule has 0 radical (unpaired) electrons. The minimum absolute atomic E-state index is 0.206. The predicted octanol–water partition coefficient (Wildman–Crippen LogP) is 3.75. The fraction of sp³-hybridized carbons (Fsp3) is 0.533. The van der Waals surface area contributed by atoms with E-state index in [9.17, 15) is 4.79 Å². The maximum absolute atomic E-state index is 11.8. The van der Waals surface area contributed by atoms with E-state index in [-0.39, 0.29) is 5.97 Å². The molecule has 1 atom stereocenters. The number of hydrogen-bond acceptors (Lipinski definition) is 4. The number of halogens is 1. The lowest BCUT2D eigenvalue weighted by Gasteiger charge is -2.27. The van der Waals surface area contributed by atoms with Crippen LogP contribution in [0.25, 0.3) is 0 Å². The third-order valence-electron chi connectivity index (χ3n) is 3.12. The molecule has 1 N–H and O–H groups in total. The van der Waals surface area contributed by atoms with Gasteiger partial charge in [0.2, 0.25) is 0 Å². The number of thioether (sulfide) groups is 1. The zero-order valence-electron chi connectivity index (χ0n) is 12.2. The van der Waals surface area contributed by atoms with Gasteiger partial charge in [-0.1, -0.05) is 30.7 Å². The van der Waals surface area contributed by atoms with Crippen molar-refractivity contribution in [2.45, 2.75) is 37.1 Å². The molecule has 20 heavy (non-hydrogen) atoms. The summed E-state index contributed by atoms with van der Waals surface area (Å²) in [4.78, 5) is 12.9. The summed E-state index contributed by atoms with van der Waals surface area (Å²) in [6.45, 7) is 4.62. The van der Waals surface area contributed by atoms with Crippen LogP contribution in [0.1, 0.15) is 26.7 Å². The number of likely N-dealkylation sites (N-methyl/N-ethyl adjacent to an activating group) is 1. The number of carbonyl (C=O) groups is 1. The second-order valence-electron chi connectivity index (χ2n) is 4.74. The Morgan fingerprint density at radius 3 is 2.75 bits per heavy atom.